The third kappa shape index (κ3) is 2.96. The van der Waals surface area contributed by atoms with Gasteiger partial charge in [0, 0.05) is 6.20 Å². The lowest BCUT2D eigenvalue weighted by Crippen LogP contribution is -2.16. The molecular formula is C18H13ClN4O3. The summed E-state index contributed by atoms with van der Waals surface area (Å²) >= 11 is 0. The largest absolute Gasteiger partial charge is 0.478 e. The number of carboxylic acid groups (broad SMARTS) is 1. The molecule has 7 nitrogen and oxygen atoms in total. The van der Waals surface area contributed by atoms with Crippen LogP contribution in [0.2, 0.25) is 0 Å². The number of para-hydroxylation sites is 2. The summed E-state index contributed by atoms with van der Waals surface area (Å²) in [6.45, 7) is 0. The van der Waals surface area contributed by atoms with Gasteiger partial charge in [-0.15, -0.1) is 12.4 Å². The third-order valence-electron chi connectivity index (χ3n) is 3.81. The predicted molar refractivity (Wildman–Crippen MR) is 101 cm³/mol. The van der Waals surface area contributed by atoms with Crippen molar-refractivity contribution in [2.45, 2.75) is 0 Å². The van der Waals surface area contributed by atoms with Gasteiger partial charge in [-0.2, -0.15) is 4.98 Å². The molecule has 26 heavy (non-hydrogen) atoms. The van der Waals surface area contributed by atoms with E-state index in [2.05, 4.69) is 15.3 Å². The number of hydrogen-bond acceptors (Lipinski definition) is 5. The summed E-state index contributed by atoms with van der Waals surface area (Å²) in [7, 11) is 0. The van der Waals surface area contributed by atoms with Crippen LogP contribution < -0.4 is 10.9 Å². The second-order valence-corrected chi connectivity index (χ2v) is 5.39. The lowest BCUT2D eigenvalue weighted by molar-refractivity contribution is 0.0698. The van der Waals surface area contributed by atoms with Gasteiger partial charge in [-0.25, -0.2) is 9.78 Å². The number of rotatable bonds is 3. The molecule has 0 amide bonds. The van der Waals surface area contributed by atoms with Crippen LogP contribution in [0.3, 0.4) is 0 Å². The SMILES string of the molecule is Cl.O=C(O)c1ccccc1Nc1ccn2c(=O)c3ccccc3nc2n1. The molecule has 0 radical (unpaired) electrons. The monoisotopic (exact) mass is 368 g/mol. The molecule has 0 saturated carbocycles. The van der Waals surface area contributed by atoms with Gasteiger partial charge >= 0.3 is 5.97 Å². The van der Waals surface area contributed by atoms with Gasteiger partial charge in [0.05, 0.1) is 22.2 Å². The average Bonchev–Trinajstić information content (AvgIpc) is 2.62. The molecule has 0 aliphatic carbocycles. The van der Waals surface area contributed by atoms with Gasteiger partial charge in [0.15, 0.2) is 0 Å². The minimum atomic E-state index is -1.04. The first kappa shape index (κ1) is 17.4. The number of anilines is 2. The van der Waals surface area contributed by atoms with Crippen LogP contribution in [0.15, 0.2) is 65.6 Å². The fraction of sp³-hybridized carbons (Fsp3) is 0. The van der Waals surface area contributed by atoms with E-state index in [9.17, 15) is 14.7 Å². The van der Waals surface area contributed by atoms with E-state index in [-0.39, 0.29) is 29.3 Å². The molecule has 2 N–H and O–H groups in total. The van der Waals surface area contributed by atoms with E-state index in [1.807, 2.05) is 0 Å². The molecule has 8 heteroatoms. The number of aromatic nitrogens is 3. The normalized spacial score (nSPS) is 10.5. The van der Waals surface area contributed by atoms with E-state index < -0.39 is 5.97 Å². The van der Waals surface area contributed by atoms with E-state index in [0.717, 1.165) is 0 Å². The first-order valence-corrected chi connectivity index (χ1v) is 7.51. The van der Waals surface area contributed by atoms with E-state index >= 15 is 0 Å². The van der Waals surface area contributed by atoms with Crippen molar-refractivity contribution in [3.63, 3.8) is 0 Å². The fourth-order valence-electron chi connectivity index (χ4n) is 2.62. The molecule has 4 rings (SSSR count). The maximum Gasteiger partial charge on any atom is 0.337 e. The van der Waals surface area contributed by atoms with Gasteiger partial charge < -0.3 is 10.4 Å². The van der Waals surface area contributed by atoms with Crippen molar-refractivity contribution < 1.29 is 9.90 Å². The molecule has 0 aliphatic heterocycles. The highest BCUT2D eigenvalue weighted by molar-refractivity contribution is 5.95. The highest BCUT2D eigenvalue weighted by atomic mass is 35.5. The first-order valence-electron chi connectivity index (χ1n) is 7.51. The zero-order valence-corrected chi connectivity index (χ0v) is 14.1. The number of carboxylic acids is 1. The van der Waals surface area contributed by atoms with E-state index in [4.69, 9.17) is 0 Å². The van der Waals surface area contributed by atoms with E-state index in [0.29, 0.717) is 22.4 Å². The van der Waals surface area contributed by atoms with E-state index in [1.54, 1.807) is 54.7 Å². The summed E-state index contributed by atoms with van der Waals surface area (Å²) in [5.41, 5.74) is 0.900. The Labute approximate surface area is 153 Å². The molecule has 0 aliphatic rings. The molecule has 0 spiro atoms. The molecular weight excluding hydrogens is 356 g/mol. The van der Waals surface area contributed by atoms with Crippen molar-refractivity contribution in [3.05, 3.63) is 76.7 Å². The van der Waals surface area contributed by atoms with Crippen LogP contribution in [0, 0.1) is 0 Å². The van der Waals surface area contributed by atoms with Crippen LogP contribution in [-0.2, 0) is 0 Å². The van der Waals surface area contributed by atoms with Gasteiger partial charge in [0.2, 0.25) is 5.78 Å². The number of nitrogens with zero attached hydrogens (tertiary/aromatic N) is 3. The third-order valence-corrected chi connectivity index (χ3v) is 3.81. The molecule has 0 atom stereocenters. The number of hydrogen-bond donors (Lipinski definition) is 2. The van der Waals surface area contributed by atoms with Crippen LogP contribution in [0.5, 0.6) is 0 Å². The second kappa shape index (κ2) is 6.81. The van der Waals surface area contributed by atoms with Crippen molar-refractivity contribution in [2.24, 2.45) is 0 Å². The number of aromatic carboxylic acids is 1. The molecule has 130 valence electrons. The average molecular weight is 369 g/mol. The van der Waals surface area contributed by atoms with Gasteiger partial charge in [0.1, 0.15) is 5.82 Å². The summed E-state index contributed by atoms with van der Waals surface area (Å²) in [5.74, 6) is -0.401. The number of carbonyl (C=O) groups is 1. The summed E-state index contributed by atoms with van der Waals surface area (Å²) in [5, 5.41) is 12.7. The number of halogens is 1. The lowest BCUT2D eigenvalue weighted by Gasteiger charge is -2.09. The number of nitrogens with one attached hydrogen (secondary N) is 1. The molecule has 2 aromatic heterocycles. The zero-order chi connectivity index (χ0) is 17.4. The zero-order valence-electron chi connectivity index (χ0n) is 13.3. The number of benzene rings is 2. The molecule has 0 saturated heterocycles. The Morgan fingerprint density at radius 1 is 1.00 bits per heavy atom. The maximum absolute atomic E-state index is 12.5. The van der Waals surface area contributed by atoms with Crippen molar-refractivity contribution in [2.75, 3.05) is 5.32 Å². The topological polar surface area (TPSA) is 96.6 Å². The van der Waals surface area contributed by atoms with Crippen molar-refractivity contribution in [1.29, 1.82) is 0 Å². The van der Waals surface area contributed by atoms with Gasteiger partial charge in [0.25, 0.3) is 5.56 Å². The Balaban J connectivity index is 0.00000196. The molecule has 0 bridgehead atoms. The fourth-order valence-corrected chi connectivity index (χ4v) is 2.62. The molecule has 0 fully saturated rings. The second-order valence-electron chi connectivity index (χ2n) is 5.39. The lowest BCUT2D eigenvalue weighted by atomic mass is 10.2. The Bertz CT molecular complexity index is 1190. The predicted octanol–water partition coefficient (Wildman–Crippen LogP) is 3.11. The quantitative estimate of drug-likeness (QED) is 0.539. The first-order chi connectivity index (χ1) is 12.1. The summed E-state index contributed by atoms with van der Waals surface area (Å²) in [4.78, 5) is 32.5. The smallest absolute Gasteiger partial charge is 0.337 e. The maximum atomic E-state index is 12.5. The van der Waals surface area contributed by atoms with Gasteiger partial charge in [-0.3, -0.25) is 9.20 Å². The van der Waals surface area contributed by atoms with Crippen LogP contribution in [0.1, 0.15) is 10.4 Å². The minimum absolute atomic E-state index is 0. The molecule has 2 aromatic carbocycles. The number of fused-ring (bicyclic) bond motifs is 2. The van der Waals surface area contributed by atoms with E-state index in [1.165, 1.54) is 10.5 Å². The van der Waals surface area contributed by atoms with Crippen molar-refractivity contribution in [3.8, 4) is 0 Å². The highest BCUT2D eigenvalue weighted by Gasteiger charge is 2.11. The molecule has 4 aromatic rings. The van der Waals surface area contributed by atoms with Crippen molar-refractivity contribution in [1.82, 2.24) is 14.4 Å². The minimum Gasteiger partial charge on any atom is -0.478 e. The Hall–Kier alpha value is -3.45. The van der Waals surface area contributed by atoms with Gasteiger partial charge in [-0.1, -0.05) is 24.3 Å². The van der Waals surface area contributed by atoms with Crippen LogP contribution >= 0.6 is 12.4 Å². The standard InChI is InChI=1S/C18H12N4O3.ClH/c23-16-11-5-1-3-7-13(11)20-18-21-15(9-10-22(16)18)19-14-8-4-2-6-12(14)17(24)25;/h1-10H,(H,24,25)(H,19,20,21);1H. The van der Waals surface area contributed by atoms with Crippen LogP contribution in [0.4, 0.5) is 11.5 Å². The van der Waals surface area contributed by atoms with Gasteiger partial charge in [-0.05, 0) is 30.3 Å². The highest BCUT2D eigenvalue weighted by Crippen LogP contribution is 2.20. The summed E-state index contributed by atoms with van der Waals surface area (Å²) in [6.07, 6.45) is 1.57. The van der Waals surface area contributed by atoms with Crippen LogP contribution in [-0.4, -0.2) is 25.4 Å². The Morgan fingerprint density at radius 3 is 2.54 bits per heavy atom. The summed E-state index contributed by atoms with van der Waals surface area (Å²) < 4.78 is 1.36. The van der Waals surface area contributed by atoms with Crippen molar-refractivity contribution >= 4 is 46.6 Å². The Kier molecular flexibility index (Phi) is 4.55. The van der Waals surface area contributed by atoms with Crippen LogP contribution in [0.25, 0.3) is 16.7 Å². The summed E-state index contributed by atoms with van der Waals surface area (Å²) in [6, 6.07) is 15.2. The molecule has 0 unspecified atom stereocenters. The Morgan fingerprint density at radius 2 is 1.73 bits per heavy atom. The molecule has 2 heterocycles.